The summed E-state index contributed by atoms with van der Waals surface area (Å²) < 4.78 is 0. The maximum Gasteiger partial charge on any atom is 0.323 e. The molecule has 3 rings (SSSR count). The van der Waals surface area contributed by atoms with Crippen LogP contribution in [-0.2, 0) is 0 Å². The molecule has 2 amide bonds. The van der Waals surface area contributed by atoms with E-state index in [1.807, 2.05) is 23.3 Å². The molecule has 110 valence electrons. The SMILES string of the molecule is Cc1csc(NC(=O)N2CCCC(c3ncccn3)C2)n1. The Labute approximate surface area is 127 Å². The van der Waals surface area contributed by atoms with E-state index in [9.17, 15) is 4.79 Å². The van der Waals surface area contributed by atoms with E-state index in [1.54, 1.807) is 12.4 Å². The normalized spacial score (nSPS) is 18.5. The van der Waals surface area contributed by atoms with Gasteiger partial charge < -0.3 is 4.90 Å². The lowest BCUT2D eigenvalue weighted by Crippen LogP contribution is -2.41. The quantitative estimate of drug-likeness (QED) is 0.926. The van der Waals surface area contributed by atoms with Gasteiger partial charge in [0.15, 0.2) is 5.13 Å². The first-order valence-electron chi connectivity index (χ1n) is 6.97. The maximum atomic E-state index is 12.3. The Morgan fingerprint density at radius 3 is 2.95 bits per heavy atom. The van der Waals surface area contributed by atoms with Crippen molar-refractivity contribution in [3.63, 3.8) is 0 Å². The molecule has 1 aliphatic heterocycles. The lowest BCUT2D eigenvalue weighted by Gasteiger charge is -2.31. The molecule has 0 aliphatic carbocycles. The first-order valence-corrected chi connectivity index (χ1v) is 7.85. The van der Waals surface area contributed by atoms with Gasteiger partial charge in [0.2, 0.25) is 0 Å². The smallest absolute Gasteiger partial charge is 0.323 e. The summed E-state index contributed by atoms with van der Waals surface area (Å²) in [6, 6.07) is 1.71. The van der Waals surface area contributed by atoms with Gasteiger partial charge in [-0.15, -0.1) is 11.3 Å². The molecule has 2 aromatic rings. The van der Waals surface area contributed by atoms with Crippen LogP contribution in [0, 0.1) is 6.92 Å². The largest absolute Gasteiger partial charge is 0.324 e. The predicted molar refractivity (Wildman–Crippen MR) is 81.4 cm³/mol. The van der Waals surface area contributed by atoms with Gasteiger partial charge in [0.1, 0.15) is 5.82 Å². The topological polar surface area (TPSA) is 71.0 Å². The maximum absolute atomic E-state index is 12.3. The summed E-state index contributed by atoms with van der Waals surface area (Å²) in [6.07, 6.45) is 5.48. The number of carbonyl (C=O) groups excluding carboxylic acids is 1. The molecule has 1 atom stereocenters. The van der Waals surface area contributed by atoms with Crippen LogP contribution in [0.25, 0.3) is 0 Å². The molecule has 2 aromatic heterocycles. The van der Waals surface area contributed by atoms with Crippen LogP contribution in [0.1, 0.15) is 30.3 Å². The molecule has 1 N–H and O–H groups in total. The first kappa shape index (κ1) is 13.9. The fourth-order valence-electron chi connectivity index (χ4n) is 2.48. The Morgan fingerprint density at radius 1 is 1.43 bits per heavy atom. The molecule has 0 aromatic carbocycles. The van der Waals surface area contributed by atoms with Crippen molar-refractivity contribution in [1.29, 1.82) is 0 Å². The number of anilines is 1. The monoisotopic (exact) mass is 303 g/mol. The number of hydrogen-bond donors (Lipinski definition) is 1. The predicted octanol–water partition coefficient (Wildman–Crippen LogP) is 2.65. The number of aryl methyl sites for hydroxylation is 1. The molecule has 0 bridgehead atoms. The van der Waals surface area contributed by atoms with Gasteiger partial charge in [0.05, 0.1) is 5.69 Å². The second-order valence-electron chi connectivity index (χ2n) is 5.12. The Kier molecular flexibility index (Phi) is 4.10. The Balaban J connectivity index is 1.64. The third kappa shape index (κ3) is 3.36. The summed E-state index contributed by atoms with van der Waals surface area (Å²) in [5.41, 5.74) is 0.921. The van der Waals surface area contributed by atoms with Crippen LogP contribution < -0.4 is 5.32 Å². The Morgan fingerprint density at radius 2 is 2.24 bits per heavy atom. The lowest BCUT2D eigenvalue weighted by molar-refractivity contribution is 0.191. The zero-order valence-corrected chi connectivity index (χ0v) is 12.6. The van der Waals surface area contributed by atoms with Gasteiger partial charge in [-0.25, -0.2) is 19.7 Å². The minimum atomic E-state index is -0.0926. The van der Waals surface area contributed by atoms with Crippen molar-refractivity contribution >= 4 is 22.5 Å². The molecule has 7 heteroatoms. The molecule has 1 saturated heterocycles. The van der Waals surface area contributed by atoms with Crippen molar-refractivity contribution in [3.8, 4) is 0 Å². The van der Waals surface area contributed by atoms with E-state index in [-0.39, 0.29) is 11.9 Å². The number of urea groups is 1. The molecular weight excluding hydrogens is 286 g/mol. The number of nitrogens with zero attached hydrogens (tertiary/aromatic N) is 4. The zero-order chi connectivity index (χ0) is 14.7. The van der Waals surface area contributed by atoms with E-state index in [4.69, 9.17) is 0 Å². The summed E-state index contributed by atoms with van der Waals surface area (Å²) in [7, 11) is 0. The standard InChI is InChI=1S/C14H17N5OS/c1-10-9-21-13(17-10)18-14(20)19-7-2-4-11(8-19)12-15-5-3-6-16-12/h3,5-6,9,11H,2,4,7-8H2,1H3,(H,17,18,20). The number of aromatic nitrogens is 3. The van der Waals surface area contributed by atoms with E-state index in [2.05, 4.69) is 20.3 Å². The van der Waals surface area contributed by atoms with E-state index in [0.29, 0.717) is 11.7 Å². The minimum absolute atomic E-state index is 0.0926. The summed E-state index contributed by atoms with van der Waals surface area (Å²) in [6.45, 7) is 3.33. The highest BCUT2D eigenvalue weighted by Gasteiger charge is 2.26. The van der Waals surface area contributed by atoms with Gasteiger partial charge in [-0.05, 0) is 25.8 Å². The third-order valence-electron chi connectivity index (χ3n) is 3.49. The van der Waals surface area contributed by atoms with Gasteiger partial charge in [-0.2, -0.15) is 0 Å². The third-order valence-corrected chi connectivity index (χ3v) is 4.37. The fourth-order valence-corrected chi connectivity index (χ4v) is 3.15. The molecule has 6 nitrogen and oxygen atoms in total. The lowest BCUT2D eigenvalue weighted by atomic mass is 9.97. The number of nitrogens with one attached hydrogen (secondary N) is 1. The van der Waals surface area contributed by atoms with E-state index in [1.165, 1.54) is 11.3 Å². The van der Waals surface area contributed by atoms with Crippen molar-refractivity contribution in [1.82, 2.24) is 19.9 Å². The van der Waals surface area contributed by atoms with Crippen LogP contribution in [0.4, 0.5) is 9.93 Å². The minimum Gasteiger partial charge on any atom is -0.324 e. The van der Waals surface area contributed by atoms with E-state index < -0.39 is 0 Å². The van der Waals surface area contributed by atoms with Gasteiger partial charge >= 0.3 is 6.03 Å². The fraction of sp³-hybridized carbons (Fsp3) is 0.429. The van der Waals surface area contributed by atoms with Gasteiger partial charge in [-0.3, -0.25) is 5.32 Å². The number of likely N-dealkylation sites (tertiary alicyclic amines) is 1. The van der Waals surface area contributed by atoms with Crippen LogP contribution in [0.15, 0.2) is 23.8 Å². The molecule has 0 radical (unpaired) electrons. The summed E-state index contributed by atoms with van der Waals surface area (Å²) in [5, 5.41) is 5.43. The van der Waals surface area contributed by atoms with Gasteiger partial charge in [0.25, 0.3) is 0 Å². The number of hydrogen-bond acceptors (Lipinski definition) is 5. The second kappa shape index (κ2) is 6.17. The van der Waals surface area contributed by atoms with Crippen LogP contribution >= 0.6 is 11.3 Å². The zero-order valence-electron chi connectivity index (χ0n) is 11.8. The van der Waals surface area contributed by atoms with E-state index in [0.717, 1.165) is 30.9 Å². The summed E-state index contributed by atoms with van der Waals surface area (Å²) >= 11 is 1.44. The molecule has 0 spiro atoms. The van der Waals surface area contributed by atoms with Crippen molar-refractivity contribution in [2.45, 2.75) is 25.7 Å². The van der Waals surface area contributed by atoms with Crippen LogP contribution in [0.2, 0.25) is 0 Å². The van der Waals surface area contributed by atoms with Crippen LogP contribution in [0.3, 0.4) is 0 Å². The highest BCUT2D eigenvalue weighted by Crippen LogP contribution is 2.25. The molecule has 3 heterocycles. The van der Waals surface area contributed by atoms with Crippen molar-refractivity contribution < 1.29 is 4.79 Å². The van der Waals surface area contributed by atoms with Crippen LogP contribution in [0.5, 0.6) is 0 Å². The average molecular weight is 303 g/mol. The van der Waals surface area contributed by atoms with Crippen LogP contribution in [-0.4, -0.2) is 39.0 Å². The molecular formula is C14H17N5OS. The molecule has 1 aliphatic rings. The molecule has 0 saturated carbocycles. The number of carbonyl (C=O) groups is 1. The second-order valence-corrected chi connectivity index (χ2v) is 5.97. The van der Waals surface area contributed by atoms with Crippen molar-refractivity contribution in [2.75, 3.05) is 18.4 Å². The van der Waals surface area contributed by atoms with Gasteiger partial charge in [0, 0.05) is 36.8 Å². The first-order chi connectivity index (χ1) is 10.2. The molecule has 21 heavy (non-hydrogen) atoms. The average Bonchev–Trinajstić information content (AvgIpc) is 2.93. The van der Waals surface area contributed by atoms with Crippen molar-refractivity contribution in [3.05, 3.63) is 35.4 Å². The summed E-state index contributed by atoms with van der Waals surface area (Å²) in [5.74, 6) is 1.03. The highest BCUT2D eigenvalue weighted by molar-refractivity contribution is 7.13. The molecule has 1 unspecified atom stereocenters. The number of rotatable bonds is 2. The number of thiazole rings is 1. The number of piperidine rings is 1. The number of amides is 2. The Bertz CT molecular complexity index is 615. The highest BCUT2D eigenvalue weighted by atomic mass is 32.1. The molecule has 1 fully saturated rings. The van der Waals surface area contributed by atoms with E-state index >= 15 is 0 Å². The summed E-state index contributed by atoms with van der Waals surface area (Å²) in [4.78, 5) is 27.0. The van der Waals surface area contributed by atoms with Gasteiger partial charge in [-0.1, -0.05) is 0 Å². The van der Waals surface area contributed by atoms with Crippen molar-refractivity contribution in [2.24, 2.45) is 0 Å². The Hall–Kier alpha value is -2.02.